The average Bonchev–Trinajstić information content (AvgIpc) is 1.60. The number of rotatable bonds is 28. The molecule has 2 fully saturated rings. The Morgan fingerprint density at radius 1 is 0.481 bits per heavy atom. The number of fused-ring (bicyclic) bond motifs is 1. The molecule has 9 N–H and O–H groups in total. The summed E-state index contributed by atoms with van der Waals surface area (Å²) in [5, 5.41) is 47.6. The number of nitrogens with one attached hydrogen (secondary N) is 1. The molecule has 17 rings (SSSR count). The summed E-state index contributed by atoms with van der Waals surface area (Å²) in [6, 6.07) is 37.4. The number of anilines is 4. The van der Waals surface area contributed by atoms with Crippen molar-refractivity contribution in [1.29, 1.82) is 0 Å². The first kappa shape index (κ1) is 92.6. The standard InChI is InChI=1S/C27H29N7O2.C26H29N7O2.2C22H27N5O3/c1-27(22-8-9-22,21-6-4-17(5-7-21)19-12-18-10-11-28-24(18)29-13-19)26-31-25(36-32-26)20-14-30-34(15-20)16-23(35)33(2)3;1-16-11-22(27)28-13-21(16)17-5-7-19(8-6-17)26(2,20-9-10-20)25-30-24(35-31-25)18-12-29-33(14-18)15-23(34)32(3)4;1-13(2)22(5,18-26-19(30-27-18)21(3,4)10-17(28)29)16-8-6-14(7-9-16)15-11-24-20(23)25-12-15;1-13(2)22(5,18-26-17(30-27-18)10-21(3,4)19(28)29)16-8-6-14(7-9-16)15-11-24-20(23)25-12-15/h4-7,12-15,22H,8-11,16H2,1-3H3,(H,28,29);5-8,11-14,20H,9-10,15H2,1-4H3,(H2,27,28);2*6-9,11-13H,10H2,1-5H3,(H,28,29)(H2,23,24,25). The molecule has 14 aromatic rings. The van der Waals surface area contributed by atoms with Gasteiger partial charge in [0.15, 0.2) is 23.3 Å². The molecule has 4 aromatic carbocycles. The van der Waals surface area contributed by atoms with Crippen LogP contribution in [-0.4, -0.2) is 169 Å². The van der Waals surface area contributed by atoms with Crippen LogP contribution in [-0.2, 0) is 72.2 Å². The van der Waals surface area contributed by atoms with Crippen molar-refractivity contribution in [2.45, 2.75) is 175 Å². The van der Waals surface area contributed by atoms with Crippen LogP contribution in [0.5, 0.6) is 0 Å². The molecule has 34 heteroatoms. The largest absolute Gasteiger partial charge is 0.481 e. The van der Waals surface area contributed by atoms with Gasteiger partial charge in [0.1, 0.15) is 24.7 Å². The molecule has 3 aliphatic rings. The topological polar surface area (TPSA) is 474 Å². The number of nitrogens with zero attached hydrogens (tertiary/aromatic N) is 20. The second-order valence-electron chi connectivity index (χ2n) is 37.0. The zero-order valence-corrected chi connectivity index (χ0v) is 76.9. The maximum atomic E-state index is 12.0. The predicted octanol–water partition coefficient (Wildman–Crippen LogP) is 15.0. The highest BCUT2D eigenvalue weighted by Gasteiger charge is 2.50. The Morgan fingerprint density at radius 2 is 0.901 bits per heavy atom. The quantitative estimate of drug-likeness (QED) is 0.0265. The van der Waals surface area contributed by atoms with E-state index in [2.05, 4.69) is 186 Å². The number of aryl methyl sites for hydroxylation is 1. The summed E-state index contributed by atoms with van der Waals surface area (Å²) >= 11 is 0. The minimum absolute atomic E-state index is 0.0343. The fourth-order valence-corrected chi connectivity index (χ4v) is 16.0. The van der Waals surface area contributed by atoms with E-state index in [1.165, 1.54) is 20.9 Å². The molecule has 34 nitrogen and oxygen atoms in total. The summed E-state index contributed by atoms with van der Waals surface area (Å²) in [6.45, 7) is 27.1. The number of hydrogen-bond donors (Lipinski definition) is 6. The Balaban J connectivity index is 0.000000141. The molecule has 10 aromatic heterocycles. The van der Waals surface area contributed by atoms with Gasteiger partial charge in [-0.25, -0.2) is 29.9 Å². The van der Waals surface area contributed by atoms with E-state index in [1.807, 2.05) is 73.9 Å². The Bertz CT molecular complexity index is 6370. The second-order valence-corrected chi connectivity index (χ2v) is 37.0. The van der Waals surface area contributed by atoms with Crippen molar-refractivity contribution in [3.63, 3.8) is 0 Å². The number of nitrogen functional groups attached to an aromatic ring is 3. The number of nitrogens with two attached hydrogens (primary N) is 3. The number of aromatic nitrogens is 18. The Kier molecular flexibility index (Phi) is 26.6. The molecule has 2 amide bonds. The minimum Gasteiger partial charge on any atom is -0.481 e. The van der Waals surface area contributed by atoms with E-state index in [1.54, 1.807) is 115 Å². The summed E-state index contributed by atoms with van der Waals surface area (Å²) in [4.78, 5) is 93.4. The number of carboxylic acid groups (broad SMARTS) is 2. The smallest absolute Gasteiger partial charge is 0.309 e. The van der Waals surface area contributed by atoms with E-state index in [4.69, 9.17) is 45.3 Å². The van der Waals surface area contributed by atoms with Crippen molar-refractivity contribution in [2.75, 3.05) is 57.3 Å². The van der Waals surface area contributed by atoms with Gasteiger partial charge >= 0.3 is 11.9 Å². The molecule has 131 heavy (non-hydrogen) atoms. The van der Waals surface area contributed by atoms with Crippen LogP contribution in [0.4, 0.5) is 23.5 Å². The Morgan fingerprint density at radius 3 is 1.33 bits per heavy atom. The second kappa shape index (κ2) is 37.6. The third-order valence-electron chi connectivity index (χ3n) is 25.8. The number of amides is 2. The number of pyridine rings is 2. The number of benzene rings is 4. The van der Waals surface area contributed by atoms with Gasteiger partial charge < -0.3 is 60.6 Å². The number of carbonyl (C=O) groups excluding carboxylic acids is 2. The molecule has 2 saturated carbocycles. The monoisotopic (exact) mass is 1770 g/mol. The fourth-order valence-electron chi connectivity index (χ4n) is 16.0. The first-order valence-corrected chi connectivity index (χ1v) is 43.6. The molecule has 4 atom stereocenters. The molecule has 0 saturated heterocycles. The number of hydrogen-bond acceptors (Lipinski definition) is 28. The summed E-state index contributed by atoms with van der Waals surface area (Å²) in [7, 11) is 6.89. The van der Waals surface area contributed by atoms with Gasteiger partial charge in [-0.15, -0.1) is 0 Å². The lowest BCUT2D eigenvalue weighted by molar-refractivity contribution is -0.147. The van der Waals surface area contributed by atoms with Gasteiger partial charge in [-0.2, -0.15) is 30.1 Å². The van der Waals surface area contributed by atoms with Crippen molar-refractivity contribution in [2.24, 2.45) is 29.1 Å². The van der Waals surface area contributed by atoms with Crippen LogP contribution in [0.1, 0.15) is 184 Å². The molecule has 2 aliphatic carbocycles. The molecular formula is C97H112N24O10. The number of carbonyl (C=O) groups is 4. The third-order valence-corrected chi connectivity index (χ3v) is 25.8. The highest BCUT2D eigenvalue weighted by atomic mass is 16.5. The first-order valence-electron chi connectivity index (χ1n) is 43.6. The van der Waals surface area contributed by atoms with E-state index in [0.29, 0.717) is 75.6 Å². The van der Waals surface area contributed by atoms with Gasteiger partial charge in [-0.3, -0.25) is 28.5 Å². The van der Waals surface area contributed by atoms with Crippen molar-refractivity contribution < 1.29 is 47.5 Å². The average molecular weight is 1770 g/mol. The van der Waals surface area contributed by atoms with Crippen LogP contribution in [0.3, 0.4) is 0 Å². The highest BCUT2D eigenvalue weighted by Crippen LogP contribution is 2.53. The van der Waals surface area contributed by atoms with Gasteiger partial charge in [-0.1, -0.05) is 159 Å². The summed E-state index contributed by atoms with van der Waals surface area (Å²) in [5.74, 6) is 5.20. The van der Waals surface area contributed by atoms with Crippen LogP contribution >= 0.6 is 0 Å². The van der Waals surface area contributed by atoms with Gasteiger partial charge in [0.05, 0.1) is 62.4 Å². The summed E-state index contributed by atoms with van der Waals surface area (Å²) in [6.07, 6.45) is 22.9. The molecule has 0 radical (unpaired) electrons. The lowest BCUT2D eigenvalue weighted by Crippen LogP contribution is -2.32. The molecule has 0 spiro atoms. The molecule has 4 unspecified atom stereocenters. The molecule has 11 heterocycles. The summed E-state index contributed by atoms with van der Waals surface area (Å²) < 4.78 is 25.4. The van der Waals surface area contributed by atoms with E-state index in [-0.39, 0.29) is 72.3 Å². The summed E-state index contributed by atoms with van der Waals surface area (Å²) in [5.41, 5.74) is 29.7. The Labute approximate surface area is 759 Å². The van der Waals surface area contributed by atoms with Crippen molar-refractivity contribution in [3.8, 4) is 67.4 Å². The van der Waals surface area contributed by atoms with Gasteiger partial charge in [-0.05, 0) is 172 Å². The number of aliphatic carboxylic acids is 2. The van der Waals surface area contributed by atoms with Crippen LogP contribution in [0, 0.1) is 36.0 Å². The molecule has 0 bridgehead atoms. The predicted molar refractivity (Wildman–Crippen MR) is 493 cm³/mol. The maximum Gasteiger partial charge on any atom is 0.309 e. The van der Waals surface area contributed by atoms with Crippen molar-refractivity contribution >= 4 is 47.3 Å². The molecular weight excluding hydrogens is 1660 g/mol. The third kappa shape index (κ3) is 20.1. The lowest BCUT2D eigenvalue weighted by atomic mass is 9.72. The lowest BCUT2D eigenvalue weighted by Gasteiger charge is -2.31. The molecule has 1 aliphatic heterocycles. The van der Waals surface area contributed by atoms with Gasteiger partial charge in [0, 0.05) is 113 Å². The van der Waals surface area contributed by atoms with Crippen LogP contribution in [0.15, 0.2) is 189 Å². The van der Waals surface area contributed by atoms with E-state index < -0.39 is 33.6 Å². The maximum absolute atomic E-state index is 12.0. The van der Waals surface area contributed by atoms with E-state index >= 15 is 0 Å². The Hall–Kier alpha value is -14.6. The van der Waals surface area contributed by atoms with Crippen molar-refractivity contribution in [1.82, 2.24) is 99.8 Å². The highest BCUT2D eigenvalue weighted by molar-refractivity contribution is 5.77. The van der Waals surface area contributed by atoms with Crippen LogP contribution in [0.2, 0.25) is 0 Å². The minimum atomic E-state index is -0.985. The zero-order chi connectivity index (χ0) is 93.8. The normalized spacial score (nSPS) is 14.9. The van der Waals surface area contributed by atoms with Gasteiger partial charge in [0.25, 0.3) is 11.8 Å². The number of carboxylic acids is 2. The van der Waals surface area contributed by atoms with E-state index in [9.17, 15) is 29.4 Å². The van der Waals surface area contributed by atoms with Crippen LogP contribution < -0.4 is 22.5 Å². The zero-order valence-electron chi connectivity index (χ0n) is 76.9. The van der Waals surface area contributed by atoms with E-state index in [0.717, 1.165) is 111 Å². The fraction of sp³-hybridized carbons (Fsp3) is 0.381. The number of likely N-dealkylation sites (N-methyl/N-ethyl adjacent to an activating group) is 2. The first-order chi connectivity index (χ1) is 62.2. The SMILES string of the molecule is CC(C)C(C)(c1ccc(-c2cnc(N)nc2)cc1)c1noc(C(C)(C)CC(=O)O)n1.CC(C)C(C)(c1ccc(-c2cnc(N)nc2)cc1)c1noc(CC(C)(C)C(=O)O)n1.CN(C)C(=O)Cn1cc(-c2nc(C(C)(c3ccc(-c4cnc5c(c4)CCN5)cc3)C3CC3)no2)cn1.Cc1cc(N)ncc1-c1ccc(C(C)(c2noc(-c3cnn(CC(=O)N(C)C)c3)n2)C2CC2)cc1. The van der Waals surface area contributed by atoms with Crippen LogP contribution in [0.25, 0.3) is 67.4 Å². The van der Waals surface area contributed by atoms with Crippen molar-refractivity contribution in [3.05, 3.63) is 240 Å². The molecule has 680 valence electrons. The van der Waals surface area contributed by atoms with Gasteiger partial charge in [0.2, 0.25) is 35.5 Å².